The van der Waals surface area contributed by atoms with E-state index in [9.17, 15) is 18.0 Å². The number of halogens is 3. The van der Waals surface area contributed by atoms with Gasteiger partial charge in [-0.1, -0.05) is 0 Å². The first-order chi connectivity index (χ1) is 16.2. The Bertz CT molecular complexity index is 1460. The molecule has 1 aliphatic heterocycles. The third-order valence-electron chi connectivity index (χ3n) is 5.38. The lowest BCUT2D eigenvalue weighted by molar-refractivity contribution is -0.0790. The Balaban J connectivity index is 1.64. The van der Waals surface area contributed by atoms with Gasteiger partial charge in [0, 0.05) is 34.1 Å². The Morgan fingerprint density at radius 1 is 1.21 bits per heavy atom. The molecule has 0 fully saturated rings. The van der Waals surface area contributed by atoms with Crippen molar-refractivity contribution in [2.75, 3.05) is 19.0 Å². The lowest BCUT2D eigenvalue weighted by Gasteiger charge is -2.11. The topological polar surface area (TPSA) is 89.0 Å². The summed E-state index contributed by atoms with van der Waals surface area (Å²) in [5.41, 5.74) is 2.36. The van der Waals surface area contributed by atoms with E-state index in [4.69, 9.17) is 9.72 Å². The first-order valence-corrected chi connectivity index (χ1v) is 11.1. The van der Waals surface area contributed by atoms with Crippen molar-refractivity contribution in [3.05, 3.63) is 47.0 Å². The third kappa shape index (κ3) is 4.03. The van der Waals surface area contributed by atoms with E-state index in [0.717, 1.165) is 27.2 Å². The van der Waals surface area contributed by atoms with E-state index in [-0.39, 0.29) is 29.6 Å². The Morgan fingerprint density at radius 2 is 2.03 bits per heavy atom. The van der Waals surface area contributed by atoms with Crippen molar-refractivity contribution >= 4 is 50.0 Å². The van der Waals surface area contributed by atoms with Gasteiger partial charge in [0.2, 0.25) is 5.88 Å². The molecule has 1 atom stereocenters. The molecule has 7 nitrogen and oxygen atoms in total. The van der Waals surface area contributed by atoms with Crippen LogP contribution in [0.15, 0.2) is 36.4 Å². The van der Waals surface area contributed by atoms with Crippen molar-refractivity contribution in [1.82, 2.24) is 20.5 Å². The van der Waals surface area contributed by atoms with Gasteiger partial charge >= 0.3 is 6.18 Å². The molecule has 4 aromatic rings. The van der Waals surface area contributed by atoms with Crippen LogP contribution in [-0.2, 0) is 0 Å². The number of nitrogens with one attached hydrogen (secondary N) is 2. The number of rotatable bonds is 3. The monoisotopic (exact) mass is 485 g/mol. The molecule has 1 amide bonds. The number of hydrogen-bond donors (Lipinski definition) is 2. The minimum Gasteiger partial charge on any atom is -0.479 e. The van der Waals surface area contributed by atoms with E-state index in [0.29, 0.717) is 28.2 Å². The summed E-state index contributed by atoms with van der Waals surface area (Å²) in [6, 6.07) is 8.84. The van der Waals surface area contributed by atoms with Crippen molar-refractivity contribution in [2.24, 2.45) is 0 Å². The number of amides is 1. The lowest BCUT2D eigenvalue weighted by Crippen LogP contribution is -2.34. The zero-order chi connectivity index (χ0) is 24.0. The van der Waals surface area contributed by atoms with Gasteiger partial charge in [0.1, 0.15) is 4.88 Å². The van der Waals surface area contributed by atoms with Gasteiger partial charge in [-0.05, 0) is 43.3 Å². The van der Waals surface area contributed by atoms with Gasteiger partial charge in [0.05, 0.1) is 35.3 Å². The van der Waals surface area contributed by atoms with Crippen LogP contribution < -0.4 is 15.4 Å². The number of hydrogen-bond acceptors (Lipinski definition) is 7. The Hall–Kier alpha value is -3.73. The summed E-state index contributed by atoms with van der Waals surface area (Å²) < 4.78 is 43.9. The summed E-state index contributed by atoms with van der Waals surface area (Å²) in [6.07, 6.45) is -3.52. The number of benzene rings is 1. The van der Waals surface area contributed by atoms with Crippen molar-refractivity contribution in [2.45, 2.75) is 19.1 Å². The van der Waals surface area contributed by atoms with E-state index in [1.165, 1.54) is 24.5 Å². The molecule has 5 rings (SSSR count). The van der Waals surface area contributed by atoms with Crippen LogP contribution in [0.3, 0.4) is 0 Å². The van der Waals surface area contributed by atoms with E-state index in [2.05, 4.69) is 20.8 Å². The van der Waals surface area contributed by atoms with Gasteiger partial charge in [-0.25, -0.2) is 4.98 Å². The van der Waals surface area contributed by atoms with Crippen LogP contribution in [0, 0.1) is 0 Å². The summed E-state index contributed by atoms with van der Waals surface area (Å²) in [5, 5.41) is 15.8. The molecule has 0 saturated carbocycles. The van der Waals surface area contributed by atoms with E-state index in [1.54, 1.807) is 6.07 Å². The highest BCUT2D eigenvalue weighted by atomic mass is 32.1. The van der Waals surface area contributed by atoms with Gasteiger partial charge in [-0.3, -0.25) is 4.79 Å². The van der Waals surface area contributed by atoms with Crippen LogP contribution in [0.25, 0.3) is 38.3 Å². The quantitative estimate of drug-likeness (QED) is 0.423. The minimum absolute atomic E-state index is 0.00546. The van der Waals surface area contributed by atoms with Crippen LogP contribution in [0.1, 0.15) is 22.3 Å². The molecule has 174 valence electrons. The largest absolute Gasteiger partial charge is 0.479 e. The number of allylic oxidation sites excluding steroid dienone is 1. The molecule has 0 saturated heterocycles. The third-order valence-corrected chi connectivity index (χ3v) is 6.54. The van der Waals surface area contributed by atoms with E-state index < -0.39 is 6.18 Å². The fraction of sp³-hybridized carbons (Fsp3) is 0.217. The van der Waals surface area contributed by atoms with Crippen LogP contribution in [0.5, 0.6) is 5.88 Å². The zero-order valence-electron chi connectivity index (χ0n) is 18.0. The van der Waals surface area contributed by atoms with E-state index >= 15 is 0 Å². The molecule has 0 bridgehead atoms. The molecule has 3 aromatic heterocycles. The average Bonchev–Trinajstić information content (AvgIpc) is 3.13. The summed E-state index contributed by atoms with van der Waals surface area (Å²) in [4.78, 5) is 18.0. The Kier molecular flexibility index (Phi) is 5.35. The van der Waals surface area contributed by atoms with E-state index in [1.807, 2.05) is 25.1 Å². The smallest absolute Gasteiger partial charge is 0.409 e. The molecule has 1 unspecified atom stereocenters. The predicted molar refractivity (Wildman–Crippen MR) is 125 cm³/mol. The standard InChI is InChI=1S/C23H18F3N5O2S/c1-11-10-27-19-18-13-3-4-16(29-15(13)5-6-17(18)34-20(19)21(32)28-11)14-9-12(7-8-23(24,25)26)30-31-22(14)33-2/h3-9,11,27H,10H2,1-2H3,(H,28,32). The fourth-order valence-electron chi connectivity index (χ4n) is 3.87. The van der Waals surface area contributed by atoms with Crippen LogP contribution in [0.2, 0.25) is 0 Å². The molecular formula is C23H18F3N5O2S. The SMILES string of the molecule is COc1nnc(C=CC(F)(F)F)cc1-c1ccc2c(ccc3sc4c(c32)NCC(C)NC4=O)n1. The molecule has 0 spiro atoms. The maximum absolute atomic E-state index is 12.6. The normalized spacial score (nSPS) is 16.4. The van der Waals surface area contributed by atoms with Gasteiger partial charge in [-0.2, -0.15) is 13.2 Å². The fourth-order valence-corrected chi connectivity index (χ4v) is 4.96. The highest BCUT2D eigenvalue weighted by Crippen LogP contribution is 2.41. The van der Waals surface area contributed by atoms with Crippen LogP contribution in [0.4, 0.5) is 18.9 Å². The second kappa shape index (κ2) is 8.24. The molecule has 4 heterocycles. The summed E-state index contributed by atoms with van der Waals surface area (Å²) in [5.74, 6) is 0.0345. The van der Waals surface area contributed by atoms with Gasteiger partial charge in [-0.15, -0.1) is 21.5 Å². The minimum atomic E-state index is -4.46. The van der Waals surface area contributed by atoms with Crippen LogP contribution >= 0.6 is 11.3 Å². The number of pyridine rings is 1. The second-order valence-corrected chi connectivity index (χ2v) is 8.88. The van der Waals surface area contributed by atoms with Gasteiger partial charge in [0.25, 0.3) is 5.91 Å². The number of carbonyl (C=O) groups is 1. The maximum Gasteiger partial charge on any atom is 0.409 e. The summed E-state index contributed by atoms with van der Waals surface area (Å²) >= 11 is 1.41. The van der Waals surface area contributed by atoms with Gasteiger partial charge < -0.3 is 15.4 Å². The Labute approximate surface area is 195 Å². The van der Waals surface area contributed by atoms with Crippen LogP contribution in [-0.4, -0.2) is 47.0 Å². The molecule has 1 aromatic carbocycles. The summed E-state index contributed by atoms with van der Waals surface area (Å²) in [6.45, 7) is 2.53. The second-order valence-electron chi connectivity index (χ2n) is 7.83. The molecule has 1 aliphatic rings. The number of carbonyl (C=O) groups excluding carboxylic acids is 1. The highest BCUT2D eigenvalue weighted by molar-refractivity contribution is 7.21. The number of alkyl halides is 3. The average molecular weight is 485 g/mol. The number of anilines is 1. The predicted octanol–water partition coefficient (Wildman–Crippen LogP) is 5.03. The number of fused-ring (bicyclic) bond motifs is 5. The molecule has 2 N–H and O–H groups in total. The summed E-state index contributed by atoms with van der Waals surface area (Å²) in [7, 11) is 1.40. The lowest BCUT2D eigenvalue weighted by atomic mass is 10.1. The number of methoxy groups -OCH3 is 1. The first-order valence-electron chi connectivity index (χ1n) is 10.3. The number of aromatic nitrogens is 3. The highest BCUT2D eigenvalue weighted by Gasteiger charge is 2.25. The van der Waals surface area contributed by atoms with Crippen molar-refractivity contribution in [3.63, 3.8) is 0 Å². The molecule has 11 heteroatoms. The van der Waals surface area contributed by atoms with Crippen molar-refractivity contribution < 1.29 is 22.7 Å². The molecule has 0 aliphatic carbocycles. The van der Waals surface area contributed by atoms with Gasteiger partial charge in [0.15, 0.2) is 0 Å². The first kappa shape index (κ1) is 22.1. The van der Waals surface area contributed by atoms with Crippen molar-refractivity contribution in [3.8, 4) is 17.1 Å². The molecular weight excluding hydrogens is 467 g/mol. The molecule has 0 radical (unpaired) electrons. The molecule has 34 heavy (non-hydrogen) atoms. The maximum atomic E-state index is 12.6. The number of thiophene rings is 1. The zero-order valence-corrected chi connectivity index (χ0v) is 18.8. The number of nitrogens with zero attached hydrogens (tertiary/aromatic N) is 3. The van der Waals surface area contributed by atoms with Crippen molar-refractivity contribution in [1.29, 1.82) is 0 Å². The number of ether oxygens (including phenoxy) is 1. The Morgan fingerprint density at radius 3 is 2.79 bits per heavy atom.